The molecule has 1 aromatic heterocycles. The van der Waals surface area contributed by atoms with Crippen molar-refractivity contribution in [3.63, 3.8) is 0 Å². The molecule has 2 aromatic rings. The molecule has 116 valence electrons. The number of alkyl carbamates (subject to hydrolysis) is 1. The fourth-order valence-electron chi connectivity index (χ4n) is 2.31. The van der Waals surface area contributed by atoms with Crippen LogP contribution in [0.4, 0.5) is 4.79 Å². The van der Waals surface area contributed by atoms with Gasteiger partial charge in [0.05, 0.1) is 12.6 Å². The van der Waals surface area contributed by atoms with E-state index in [0.29, 0.717) is 18.9 Å². The minimum Gasteiger partial charge on any atom is -0.445 e. The molecule has 1 aliphatic heterocycles. The van der Waals surface area contributed by atoms with Gasteiger partial charge in [0.2, 0.25) is 12.3 Å². The van der Waals surface area contributed by atoms with Gasteiger partial charge in [-0.3, -0.25) is 0 Å². The van der Waals surface area contributed by atoms with Crippen LogP contribution in [-0.4, -0.2) is 28.9 Å². The molecule has 0 radical (unpaired) electrons. The molecule has 0 spiro atoms. The summed E-state index contributed by atoms with van der Waals surface area (Å²) in [5, 5.41) is 10.3. The van der Waals surface area contributed by atoms with Crippen molar-refractivity contribution < 1.29 is 18.7 Å². The molecule has 0 saturated carbocycles. The summed E-state index contributed by atoms with van der Waals surface area (Å²) in [4.78, 5) is 11.8. The van der Waals surface area contributed by atoms with Crippen molar-refractivity contribution in [3.05, 3.63) is 48.2 Å². The van der Waals surface area contributed by atoms with E-state index in [-0.39, 0.29) is 18.8 Å². The number of aromatic nitrogens is 2. The number of rotatable bonds is 4. The Labute approximate surface area is 127 Å². The summed E-state index contributed by atoms with van der Waals surface area (Å²) in [5.41, 5.74) is 0.953. The van der Waals surface area contributed by atoms with Crippen molar-refractivity contribution in [1.82, 2.24) is 15.5 Å². The zero-order chi connectivity index (χ0) is 15.2. The Bertz CT molecular complexity index is 580. The second kappa shape index (κ2) is 7.04. The molecule has 1 saturated heterocycles. The van der Waals surface area contributed by atoms with Crippen molar-refractivity contribution in [2.75, 3.05) is 6.61 Å². The van der Waals surface area contributed by atoms with Crippen LogP contribution in [0.3, 0.4) is 0 Å². The molecule has 1 amide bonds. The molecule has 3 rings (SSSR count). The van der Waals surface area contributed by atoms with Gasteiger partial charge in [0.15, 0.2) is 0 Å². The maximum atomic E-state index is 11.8. The van der Waals surface area contributed by atoms with Crippen LogP contribution >= 0.6 is 0 Å². The minimum absolute atomic E-state index is 0.0672. The first-order chi connectivity index (χ1) is 10.8. The van der Waals surface area contributed by atoms with Gasteiger partial charge in [-0.1, -0.05) is 30.3 Å². The first-order valence-electron chi connectivity index (χ1n) is 7.16. The number of hydrogen-bond donors (Lipinski definition) is 1. The molecule has 0 aliphatic carbocycles. The third-order valence-electron chi connectivity index (χ3n) is 3.46. The molecule has 7 heteroatoms. The van der Waals surface area contributed by atoms with Gasteiger partial charge in [-0.2, -0.15) is 0 Å². The van der Waals surface area contributed by atoms with Crippen molar-refractivity contribution in [2.24, 2.45) is 0 Å². The molecule has 1 aliphatic rings. The molecule has 1 fully saturated rings. The van der Waals surface area contributed by atoms with Crippen LogP contribution in [0, 0.1) is 0 Å². The summed E-state index contributed by atoms with van der Waals surface area (Å²) in [6.07, 6.45) is 2.14. The summed E-state index contributed by atoms with van der Waals surface area (Å²) in [6.45, 7) is 0.651. The maximum absolute atomic E-state index is 11.8. The van der Waals surface area contributed by atoms with Gasteiger partial charge in [-0.05, 0) is 18.4 Å². The first kappa shape index (κ1) is 14.5. The topological polar surface area (TPSA) is 86.5 Å². The highest BCUT2D eigenvalue weighted by molar-refractivity contribution is 5.67. The average molecular weight is 303 g/mol. The van der Waals surface area contributed by atoms with Gasteiger partial charge in [-0.25, -0.2) is 4.79 Å². The summed E-state index contributed by atoms with van der Waals surface area (Å²) in [5.74, 6) is 0.477. The third kappa shape index (κ3) is 3.82. The van der Waals surface area contributed by atoms with Crippen LogP contribution in [-0.2, 0) is 16.1 Å². The zero-order valence-electron chi connectivity index (χ0n) is 12.0. The van der Waals surface area contributed by atoms with E-state index in [2.05, 4.69) is 15.5 Å². The highest BCUT2D eigenvalue weighted by Gasteiger charge is 2.27. The summed E-state index contributed by atoms with van der Waals surface area (Å²) in [6, 6.07) is 9.48. The SMILES string of the molecule is O=C(N[C@@H]1CC[C@@H](c2nnco2)OC1)OCc1ccccc1. The molecular formula is C15H17N3O4. The molecule has 1 aromatic carbocycles. The molecule has 2 heterocycles. The predicted octanol–water partition coefficient (Wildman–Crippen LogP) is 2.22. The van der Waals surface area contributed by atoms with E-state index in [9.17, 15) is 4.79 Å². The van der Waals surface area contributed by atoms with Gasteiger partial charge in [-0.15, -0.1) is 10.2 Å². The molecular weight excluding hydrogens is 286 g/mol. The Morgan fingerprint density at radius 3 is 2.86 bits per heavy atom. The lowest BCUT2D eigenvalue weighted by molar-refractivity contribution is -0.0187. The molecule has 1 N–H and O–H groups in total. The lowest BCUT2D eigenvalue weighted by Gasteiger charge is -2.27. The number of ether oxygens (including phenoxy) is 2. The second-order valence-electron chi connectivity index (χ2n) is 5.08. The molecule has 22 heavy (non-hydrogen) atoms. The number of carbonyl (C=O) groups excluding carboxylic acids is 1. The lowest BCUT2D eigenvalue weighted by atomic mass is 10.1. The largest absolute Gasteiger partial charge is 0.445 e. The van der Waals surface area contributed by atoms with Crippen molar-refractivity contribution in [3.8, 4) is 0 Å². The quantitative estimate of drug-likeness (QED) is 0.932. The summed E-state index contributed by atoms with van der Waals surface area (Å²) >= 11 is 0. The van der Waals surface area contributed by atoms with Gasteiger partial charge < -0.3 is 19.2 Å². The Morgan fingerprint density at radius 2 is 2.18 bits per heavy atom. The van der Waals surface area contributed by atoms with E-state index < -0.39 is 6.09 Å². The first-order valence-corrected chi connectivity index (χ1v) is 7.16. The van der Waals surface area contributed by atoms with Crippen LogP contribution in [0.5, 0.6) is 0 Å². The van der Waals surface area contributed by atoms with Crippen LogP contribution in [0.25, 0.3) is 0 Å². The van der Waals surface area contributed by atoms with Crippen LogP contribution in [0.1, 0.15) is 30.4 Å². The molecule has 7 nitrogen and oxygen atoms in total. The van der Waals surface area contributed by atoms with Crippen LogP contribution < -0.4 is 5.32 Å². The maximum Gasteiger partial charge on any atom is 0.407 e. The van der Waals surface area contributed by atoms with Crippen LogP contribution in [0.2, 0.25) is 0 Å². The highest BCUT2D eigenvalue weighted by Crippen LogP contribution is 2.26. The third-order valence-corrected chi connectivity index (χ3v) is 3.46. The van der Waals surface area contributed by atoms with Gasteiger partial charge >= 0.3 is 6.09 Å². The van der Waals surface area contributed by atoms with E-state index in [1.807, 2.05) is 30.3 Å². The fourth-order valence-corrected chi connectivity index (χ4v) is 2.31. The van der Waals surface area contributed by atoms with Gasteiger partial charge in [0.1, 0.15) is 12.7 Å². The zero-order valence-corrected chi connectivity index (χ0v) is 12.0. The van der Waals surface area contributed by atoms with E-state index in [0.717, 1.165) is 12.0 Å². The van der Waals surface area contributed by atoms with Crippen molar-refractivity contribution >= 4 is 6.09 Å². The minimum atomic E-state index is -0.436. The number of nitrogens with zero attached hydrogens (tertiary/aromatic N) is 2. The number of amides is 1. The molecule has 2 atom stereocenters. The monoisotopic (exact) mass is 303 g/mol. The summed E-state index contributed by atoms with van der Waals surface area (Å²) in [7, 11) is 0. The van der Waals surface area contributed by atoms with Crippen molar-refractivity contribution in [2.45, 2.75) is 31.6 Å². The van der Waals surface area contributed by atoms with E-state index in [1.54, 1.807) is 0 Å². The second-order valence-corrected chi connectivity index (χ2v) is 5.08. The molecule has 0 unspecified atom stereocenters. The Hall–Kier alpha value is -2.41. The standard InChI is InChI=1S/C15H17N3O4/c19-15(21-8-11-4-2-1-3-5-11)17-12-6-7-13(20-9-12)14-18-16-10-22-14/h1-5,10,12-13H,6-9H2,(H,17,19)/t12-,13+/m1/s1. The van der Waals surface area contributed by atoms with Gasteiger partial charge in [0, 0.05) is 0 Å². The Kier molecular flexibility index (Phi) is 4.65. The van der Waals surface area contributed by atoms with Gasteiger partial charge in [0.25, 0.3) is 0 Å². The van der Waals surface area contributed by atoms with E-state index >= 15 is 0 Å². The normalized spacial score (nSPS) is 21.3. The average Bonchev–Trinajstić information content (AvgIpc) is 3.09. The Balaban J connectivity index is 1.40. The number of hydrogen-bond acceptors (Lipinski definition) is 6. The smallest absolute Gasteiger partial charge is 0.407 e. The molecule has 0 bridgehead atoms. The van der Waals surface area contributed by atoms with E-state index in [1.165, 1.54) is 6.39 Å². The number of nitrogens with one attached hydrogen (secondary N) is 1. The van der Waals surface area contributed by atoms with Crippen molar-refractivity contribution in [1.29, 1.82) is 0 Å². The fraction of sp³-hybridized carbons (Fsp3) is 0.400. The highest BCUT2D eigenvalue weighted by atomic mass is 16.5. The predicted molar refractivity (Wildman–Crippen MR) is 75.8 cm³/mol. The summed E-state index contributed by atoms with van der Waals surface area (Å²) < 4.78 is 15.9. The van der Waals surface area contributed by atoms with Crippen LogP contribution in [0.15, 0.2) is 41.1 Å². The number of carbonyl (C=O) groups is 1. The number of benzene rings is 1. The lowest BCUT2D eigenvalue weighted by Crippen LogP contribution is -2.41. The Morgan fingerprint density at radius 1 is 1.32 bits per heavy atom. The van der Waals surface area contributed by atoms with E-state index in [4.69, 9.17) is 13.9 Å².